The minimum absolute atomic E-state index is 0.203. The second-order valence-corrected chi connectivity index (χ2v) is 8.71. The van der Waals surface area contributed by atoms with Crippen molar-refractivity contribution in [2.45, 2.75) is 26.8 Å². The van der Waals surface area contributed by atoms with Crippen LogP contribution in [0.25, 0.3) is 0 Å². The van der Waals surface area contributed by atoms with Gasteiger partial charge in [0.15, 0.2) is 0 Å². The maximum Gasteiger partial charge on any atom is 0.247 e. The summed E-state index contributed by atoms with van der Waals surface area (Å²) in [5.41, 5.74) is 2.08. The second kappa shape index (κ2) is 8.62. The lowest BCUT2D eigenvalue weighted by atomic mass is 10.1. The van der Waals surface area contributed by atoms with E-state index in [1.54, 1.807) is 43.3 Å². The Hall–Kier alpha value is -2.58. The Morgan fingerprint density at radius 3 is 2.07 bits per heavy atom. The van der Waals surface area contributed by atoms with E-state index in [-0.39, 0.29) is 5.91 Å². The quantitative estimate of drug-likeness (QED) is 0.744. The Morgan fingerprint density at radius 2 is 1.57 bits per heavy atom. The summed E-state index contributed by atoms with van der Waals surface area (Å²) in [6.07, 6.45) is 1.04. The fourth-order valence-electron chi connectivity index (χ4n) is 2.69. The average Bonchev–Trinajstić information content (AvgIpc) is 2.58. The zero-order chi connectivity index (χ0) is 21.1. The van der Waals surface area contributed by atoms with Crippen LogP contribution in [0.3, 0.4) is 0 Å². The predicted octanol–water partition coefficient (Wildman–Crippen LogP) is 3.40. The van der Waals surface area contributed by atoms with Gasteiger partial charge in [0.25, 0.3) is 0 Å². The van der Waals surface area contributed by atoms with Crippen LogP contribution in [0.15, 0.2) is 42.5 Å². The number of nitrogens with one attached hydrogen (secondary N) is 2. The molecule has 2 N–H and O–H groups in total. The van der Waals surface area contributed by atoms with Crippen LogP contribution in [0.5, 0.6) is 0 Å². The molecule has 150 valence electrons. The SMILES string of the molecule is CC(=O)Nc1ccc(NC(=O)[C@H](C)N(c2cc(Cl)ccc2C)S(C)(=O)=O)cc1. The molecule has 1 atom stereocenters. The fourth-order valence-corrected chi connectivity index (χ4v) is 4.08. The number of halogens is 1. The molecule has 0 bridgehead atoms. The van der Waals surface area contributed by atoms with Gasteiger partial charge in [0.2, 0.25) is 21.8 Å². The van der Waals surface area contributed by atoms with Crippen molar-refractivity contribution in [3.63, 3.8) is 0 Å². The van der Waals surface area contributed by atoms with Gasteiger partial charge >= 0.3 is 0 Å². The van der Waals surface area contributed by atoms with Crippen LogP contribution < -0.4 is 14.9 Å². The number of hydrogen-bond donors (Lipinski definition) is 2. The molecule has 0 fully saturated rings. The van der Waals surface area contributed by atoms with E-state index in [1.807, 2.05) is 0 Å². The molecule has 28 heavy (non-hydrogen) atoms. The first-order chi connectivity index (χ1) is 13.0. The Morgan fingerprint density at radius 1 is 1.04 bits per heavy atom. The number of benzene rings is 2. The highest BCUT2D eigenvalue weighted by atomic mass is 35.5. The Bertz CT molecular complexity index is 991. The summed E-state index contributed by atoms with van der Waals surface area (Å²) in [5, 5.41) is 5.69. The minimum atomic E-state index is -3.75. The van der Waals surface area contributed by atoms with E-state index in [2.05, 4.69) is 10.6 Å². The van der Waals surface area contributed by atoms with Gasteiger partial charge in [-0.25, -0.2) is 8.42 Å². The first kappa shape index (κ1) is 21.7. The summed E-state index contributed by atoms with van der Waals surface area (Å²) >= 11 is 6.02. The van der Waals surface area contributed by atoms with Gasteiger partial charge in [-0.15, -0.1) is 0 Å². The molecule has 0 aliphatic carbocycles. The molecule has 0 aliphatic rings. The number of anilines is 3. The molecule has 2 rings (SSSR count). The maximum atomic E-state index is 12.7. The van der Waals surface area contributed by atoms with Crippen LogP contribution in [0.4, 0.5) is 17.1 Å². The van der Waals surface area contributed by atoms with Gasteiger partial charge < -0.3 is 10.6 Å². The van der Waals surface area contributed by atoms with Crippen molar-refractivity contribution < 1.29 is 18.0 Å². The molecule has 0 aliphatic heterocycles. The Labute approximate surface area is 169 Å². The second-order valence-electron chi connectivity index (χ2n) is 6.41. The van der Waals surface area contributed by atoms with Crippen molar-refractivity contribution >= 4 is 50.5 Å². The van der Waals surface area contributed by atoms with Crippen molar-refractivity contribution in [1.29, 1.82) is 0 Å². The summed E-state index contributed by atoms with van der Waals surface area (Å²) < 4.78 is 25.9. The van der Waals surface area contributed by atoms with Crippen molar-refractivity contribution in [2.24, 2.45) is 0 Å². The first-order valence-electron chi connectivity index (χ1n) is 8.43. The van der Waals surface area contributed by atoms with E-state index < -0.39 is 22.0 Å². The molecule has 2 aromatic rings. The summed E-state index contributed by atoms with van der Waals surface area (Å²) in [7, 11) is -3.75. The summed E-state index contributed by atoms with van der Waals surface area (Å²) in [6, 6.07) is 10.4. The van der Waals surface area contributed by atoms with E-state index in [0.717, 1.165) is 10.6 Å². The molecule has 0 saturated heterocycles. The van der Waals surface area contributed by atoms with Gasteiger partial charge in [-0.2, -0.15) is 0 Å². The van der Waals surface area contributed by atoms with Crippen LogP contribution in [0, 0.1) is 6.92 Å². The molecule has 9 heteroatoms. The zero-order valence-corrected chi connectivity index (χ0v) is 17.6. The predicted molar refractivity (Wildman–Crippen MR) is 112 cm³/mol. The molecule has 0 heterocycles. The standard InChI is InChI=1S/C19H22ClN3O4S/c1-12-5-6-15(20)11-18(12)23(28(4,26)27)13(2)19(25)22-17-9-7-16(8-10-17)21-14(3)24/h5-11,13H,1-4H3,(H,21,24)(H,22,25)/t13-/m0/s1. The molecular formula is C19H22ClN3O4S. The smallest absolute Gasteiger partial charge is 0.247 e. The van der Waals surface area contributed by atoms with Crippen LogP contribution in [0.1, 0.15) is 19.4 Å². The van der Waals surface area contributed by atoms with Crippen LogP contribution >= 0.6 is 11.6 Å². The molecule has 2 amide bonds. The molecule has 2 aromatic carbocycles. The summed E-state index contributed by atoms with van der Waals surface area (Å²) in [6.45, 7) is 4.65. The molecule has 0 saturated carbocycles. The van der Waals surface area contributed by atoms with E-state index in [9.17, 15) is 18.0 Å². The molecule has 0 radical (unpaired) electrons. The highest BCUT2D eigenvalue weighted by Gasteiger charge is 2.30. The molecule has 0 aromatic heterocycles. The highest BCUT2D eigenvalue weighted by molar-refractivity contribution is 7.92. The van der Waals surface area contributed by atoms with Crippen LogP contribution in [0.2, 0.25) is 5.02 Å². The summed E-state index contributed by atoms with van der Waals surface area (Å²) in [5.74, 6) is -0.705. The van der Waals surface area contributed by atoms with Crippen molar-refractivity contribution in [2.75, 3.05) is 21.2 Å². The monoisotopic (exact) mass is 423 g/mol. The number of amides is 2. The lowest BCUT2D eigenvalue weighted by Crippen LogP contribution is -2.45. The number of sulfonamides is 1. The molecule has 0 unspecified atom stereocenters. The van der Waals surface area contributed by atoms with Gasteiger partial charge in [0.1, 0.15) is 6.04 Å². The molecule has 0 spiro atoms. The largest absolute Gasteiger partial charge is 0.326 e. The number of nitrogens with zero attached hydrogens (tertiary/aromatic N) is 1. The van der Waals surface area contributed by atoms with E-state index in [1.165, 1.54) is 19.9 Å². The van der Waals surface area contributed by atoms with Crippen molar-refractivity contribution in [3.8, 4) is 0 Å². The Balaban J connectivity index is 2.27. The third kappa shape index (κ3) is 5.46. The molecular weight excluding hydrogens is 402 g/mol. The van der Waals surface area contributed by atoms with Crippen LogP contribution in [-0.2, 0) is 19.6 Å². The third-order valence-corrected chi connectivity index (χ3v) is 5.43. The highest BCUT2D eigenvalue weighted by Crippen LogP contribution is 2.28. The van der Waals surface area contributed by atoms with E-state index in [4.69, 9.17) is 11.6 Å². The number of hydrogen-bond acceptors (Lipinski definition) is 4. The average molecular weight is 424 g/mol. The normalized spacial score (nSPS) is 12.2. The fraction of sp³-hybridized carbons (Fsp3) is 0.263. The van der Waals surface area contributed by atoms with Gasteiger partial charge in [-0.05, 0) is 55.8 Å². The summed E-state index contributed by atoms with van der Waals surface area (Å²) in [4.78, 5) is 23.8. The number of carbonyl (C=O) groups is 2. The maximum absolute atomic E-state index is 12.7. The van der Waals surface area contributed by atoms with Gasteiger partial charge in [0.05, 0.1) is 11.9 Å². The zero-order valence-electron chi connectivity index (χ0n) is 16.0. The molecule has 7 nitrogen and oxygen atoms in total. The minimum Gasteiger partial charge on any atom is -0.326 e. The lowest BCUT2D eigenvalue weighted by Gasteiger charge is -2.29. The number of aryl methyl sites for hydroxylation is 1. The van der Waals surface area contributed by atoms with E-state index in [0.29, 0.717) is 27.6 Å². The van der Waals surface area contributed by atoms with Crippen LogP contribution in [-0.4, -0.2) is 32.5 Å². The van der Waals surface area contributed by atoms with Crippen molar-refractivity contribution in [3.05, 3.63) is 53.1 Å². The topological polar surface area (TPSA) is 95.6 Å². The van der Waals surface area contributed by atoms with Gasteiger partial charge in [0, 0.05) is 23.3 Å². The van der Waals surface area contributed by atoms with Gasteiger partial charge in [-0.3, -0.25) is 13.9 Å². The first-order valence-corrected chi connectivity index (χ1v) is 10.7. The van der Waals surface area contributed by atoms with Gasteiger partial charge in [-0.1, -0.05) is 17.7 Å². The third-order valence-electron chi connectivity index (χ3n) is 3.97. The van der Waals surface area contributed by atoms with Crippen molar-refractivity contribution in [1.82, 2.24) is 0 Å². The van der Waals surface area contributed by atoms with E-state index >= 15 is 0 Å². The number of carbonyl (C=O) groups excluding carboxylic acids is 2. The number of rotatable bonds is 6. The lowest BCUT2D eigenvalue weighted by molar-refractivity contribution is -0.117. The Kier molecular flexibility index (Phi) is 6.69.